The second-order valence-electron chi connectivity index (χ2n) is 2.71. The summed E-state index contributed by atoms with van der Waals surface area (Å²) in [6.07, 6.45) is 0. The van der Waals surface area contributed by atoms with Crippen LogP contribution in [-0.2, 0) is 6.61 Å². The first kappa shape index (κ1) is 10.2. The molecule has 0 aliphatic heterocycles. The molecule has 0 bridgehead atoms. The Morgan fingerprint density at radius 1 is 1.54 bits per heavy atom. The van der Waals surface area contributed by atoms with E-state index < -0.39 is 0 Å². The van der Waals surface area contributed by atoms with E-state index in [1.807, 2.05) is 0 Å². The minimum atomic E-state index is -0.240. The van der Waals surface area contributed by atoms with Gasteiger partial charge in [0, 0.05) is 5.56 Å². The molecule has 0 aliphatic carbocycles. The summed E-state index contributed by atoms with van der Waals surface area (Å²) >= 11 is 5.80. The molecule has 0 aliphatic rings. The Balaban J connectivity index is 3.37. The first-order valence-corrected chi connectivity index (χ1v) is 4.15. The molecule has 0 amide bonds. The van der Waals surface area contributed by atoms with Gasteiger partial charge in [-0.1, -0.05) is 11.6 Å². The summed E-state index contributed by atoms with van der Waals surface area (Å²) in [7, 11) is 1.48. The predicted molar refractivity (Wildman–Crippen MR) is 50.3 cm³/mol. The van der Waals surface area contributed by atoms with Crippen LogP contribution in [0.15, 0.2) is 6.07 Å². The molecule has 0 fully saturated rings. The summed E-state index contributed by atoms with van der Waals surface area (Å²) in [5.74, 6) is 0.322. The van der Waals surface area contributed by atoms with Crippen LogP contribution in [0.5, 0.6) is 11.5 Å². The fourth-order valence-electron chi connectivity index (χ4n) is 1.19. The molecule has 0 saturated heterocycles. The van der Waals surface area contributed by atoms with Gasteiger partial charge in [0.2, 0.25) is 0 Å². The molecule has 0 unspecified atom stereocenters. The van der Waals surface area contributed by atoms with Gasteiger partial charge in [-0.05, 0) is 18.6 Å². The molecule has 3 nitrogen and oxygen atoms in total. The van der Waals surface area contributed by atoms with Gasteiger partial charge in [-0.15, -0.1) is 0 Å². The first-order chi connectivity index (χ1) is 6.11. The zero-order valence-electron chi connectivity index (χ0n) is 7.47. The van der Waals surface area contributed by atoms with Crippen LogP contribution in [0, 0.1) is 6.92 Å². The molecule has 0 aromatic heterocycles. The molecule has 0 saturated carbocycles. The van der Waals surface area contributed by atoms with Crippen molar-refractivity contribution in [1.82, 2.24) is 0 Å². The number of methoxy groups -OCH3 is 1. The molecular formula is C9H11ClO3. The molecule has 0 spiro atoms. The molecule has 1 rings (SSSR count). The molecule has 0 heterocycles. The smallest absolute Gasteiger partial charge is 0.144 e. The highest BCUT2D eigenvalue weighted by molar-refractivity contribution is 6.33. The zero-order valence-corrected chi connectivity index (χ0v) is 8.22. The van der Waals surface area contributed by atoms with Crippen LogP contribution in [0.3, 0.4) is 0 Å². The Hall–Kier alpha value is -0.930. The van der Waals surface area contributed by atoms with Gasteiger partial charge >= 0.3 is 0 Å². The van der Waals surface area contributed by atoms with Gasteiger partial charge in [0.05, 0.1) is 13.7 Å². The van der Waals surface area contributed by atoms with Gasteiger partial charge in [0.15, 0.2) is 0 Å². The van der Waals surface area contributed by atoms with Gasteiger partial charge < -0.3 is 14.9 Å². The normalized spacial score (nSPS) is 10.2. The number of halogens is 1. The SMILES string of the molecule is COc1c(C)cc(CO)c(O)c1Cl. The van der Waals surface area contributed by atoms with Gasteiger partial charge in [0.1, 0.15) is 16.5 Å². The maximum atomic E-state index is 9.46. The summed E-state index contributed by atoms with van der Waals surface area (Å²) in [5.41, 5.74) is 1.19. The molecular weight excluding hydrogens is 192 g/mol. The zero-order chi connectivity index (χ0) is 10.0. The maximum absolute atomic E-state index is 9.46. The van der Waals surface area contributed by atoms with Gasteiger partial charge in [-0.2, -0.15) is 0 Å². The van der Waals surface area contributed by atoms with Crippen LogP contribution in [0.2, 0.25) is 5.02 Å². The molecule has 2 N–H and O–H groups in total. The lowest BCUT2D eigenvalue weighted by molar-refractivity contribution is 0.275. The quantitative estimate of drug-likeness (QED) is 0.770. The number of aliphatic hydroxyl groups is 1. The number of hydrogen-bond acceptors (Lipinski definition) is 3. The standard InChI is InChI=1S/C9H11ClO3/c1-5-3-6(4-11)8(12)7(10)9(5)13-2/h3,11-12H,4H2,1-2H3. The van der Waals surface area contributed by atoms with E-state index in [1.165, 1.54) is 7.11 Å². The van der Waals surface area contributed by atoms with Gasteiger partial charge in [-0.3, -0.25) is 0 Å². The second-order valence-corrected chi connectivity index (χ2v) is 3.08. The molecule has 13 heavy (non-hydrogen) atoms. The Bertz CT molecular complexity index is 323. The van der Waals surface area contributed by atoms with Crippen molar-refractivity contribution in [2.24, 2.45) is 0 Å². The van der Waals surface area contributed by atoms with Crippen molar-refractivity contribution < 1.29 is 14.9 Å². The van der Waals surface area contributed by atoms with E-state index in [1.54, 1.807) is 13.0 Å². The van der Waals surface area contributed by atoms with Crippen molar-refractivity contribution in [2.75, 3.05) is 7.11 Å². The topological polar surface area (TPSA) is 49.7 Å². The average molecular weight is 203 g/mol. The predicted octanol–water partition coefficient (Wildman–Crippen LogP) is 1.85. The highest BCUT2D eigenvalue weighted by Gasteiger charge is 2.13. The van der Waals surface area contributed by atoms with Crippen LogP contribution < -0.4 is 4.74 Å². The third-order valence-electron chi connectivity index (χ3n) is 1.83. The summed E-state index contributed by atoms with van der Waals surface area (Å²) in [5, 5.41) is 18.5. The Morgan fingerprint density at radius 2 is 2.15 bits per heavy atom. The van der Waals surface area contributed by atoms with Crippen LogP contribution in [0.4, 0.5) is 0 Å². The number of phenols is 1. The lowest BCUT2D eigenvalue weighted by Crippen LogP contribution is -1.93. The fraction of sp³-hybridized carbons (Fsp3) is 0.333. The minimum Gasteiger partial charge on any atom is -0.506 e. The fourth-order valence-corrected chi connectivity index (χ4v) is 1.54. The van der Waals surface area contributed by atoms with Crippen molar-refractivity contribution in [2.45, 2.75) is 13.5 Å². The Kier molecular flexibility index (Phi) is 3.01. The first-order valence-electron chi connectivity index (χ1n) is 3.77. The highest BCUT2D eigenvalue weighted by Crippen LogP contribution is 2.38. The highest BCUT2D eigenvalue weighted by atomic mass is 35.5. The third-order valence-corrected chi connectivity index (χ3v) is 2.19. The van der Waals surface area contributed by atoms with E-state index >= 15 is 0 Å². The van der Waals surface area contributed by atoms with Crippen LogP contribution >= 0.6 is 11.6 Å². The van der Waals surface area contributed by atoms with Gasteiger partial charge in [-0.25, -0.2) is 0 Å². The molecule has 72 valence electrons. The summed E-state index contributed by atoms with van der Waals surface area (Å²) in [6, 6.07) is 1.64. The van der Waals surface area contributed by atoms with Crippen LogP contribution in [0.25, 0.3) is 0 Å². The van der Waals surface area contributed by atoms with Crippen molar-refractivity contribution >= 4 is 11.6 Å². The van der Waals surface area contributed by atoms with E-state index in [4.69, 9.17) is 21.4 Å². The Labute approximate surface area is 81.5 Å². The van der Waals surface area contributed by atoms with Crippen LogP contribution in [0.1, 0.15) is 11.1 Å². The summed E-state index contributed by atoms with van der Waals surface area (Å²) in [6.45, 7) is 1.56. The second kappa shape index (κ2) is 3.85. The number of benzene rings is 1. The number of hydrogen-bond donors (Lipinski definition) is 2. The largest absolute Gasteiger partial charge is 0.506 e. The van der Waals surface area contributed by atoms with E-state index in [2.05, 4.69) is 0 Å². The van der Waals surface area contributed by atoms with Crippen LogP contribution in [-0.4, -0.2) is 17.3 Å². The molecule has 1 aromatic rings. The average Bonchev–Trinajstić information content (AvgIpc) is 2.12. The van der Waals surface area contributed by atoms with E-state index in [9.17, 15) is 5.11 Å². The minimum absolute atomic E-state index is 0.119. The van der Waals surface area contributed by atoms with Crippen molar-refractivity contribution in [1.29, 1.82) is 0 Å². The maximum Gasteiger partial charge on any atom is 0.144 e. The number of aliphatic hydroxyl groups excluding tert-OH is 1. The molecule has 0 atom stereocenters. The lowest BCUT2D eigenvalue weighted by atomic mass is 10.1. The molecule has 0 radical (unpaired) electrons. The lowest BCUT2D eigenvalue weighted by Gasteiger charge is -2.11. The number of ether oxygens (including phenoxy) is 1. The monoisotopic (exact) mass is 202 g/mol. The number of aryl methyl sites for hydroxylation is 1. The van der Waals surface area contributed by atoms with E-state index in [0.717, 1.165) is 5.56 Å². The van der Waals surface area contributed by atoms with Crippen molar-refractivity contribution in [3.63, 3.8) is 0 Å². The van der Waals surface area contributed by atoms with Crippen molar-refractivity contribution in [3.05, 3.63) is 22.2 Å². The Morgan fingerprint density at radius 3 is 2.62 bits per heavy atom. The third kappa shape index (κ3) is 1.71. The number of rotatable bonds is 2. The van der Waals surface area contributed by atoms with E-state index in [-0.39, 0.29) is 17.4 Å². The molecule has 4 heteroatoms. The van der Waals surface area contributed by atoms with E-state index in [0.29, 0.717) is 11.3 Å². The number of aromatic hydroxyl groups is 1. The summed E-state index contributed by atoms with van der Waals surface area (Å²) < 4.78 is 4.98. The summed E-state index contributed by atoms with van der Waals surface area (Å²) in [4.78, 5) is 0. The van der Waals surface area contributed by atoms with Crippen molar-refractivity contribution in [3.8, 4) is 11.5 Å². The van der Waals surface area contributed by atoms with Gasteiger partial charge in [0.25, 0.3) is 0 Å². The molecule has 1 aromatic carbocycles.